The highest BCUT2D eigenvalue weighted by molar-refractivity contribution is 7.89. The van der Waals surface area contributed by atoms with Gasteiger partial charge >= 0.3 is 0 Å². The molecule has 0 amide bonds. The molecule has 1 aliphatic carbocycles. The molecular weight excluding hydrogens is 288 g/mol. The summed E-state index contributed by atoms with van der Waals surface area (Å²) >= 11 is 0. The monoisotopic (exact) mass is 314 g/mol. The minimum Gasteiger partial charge on any atom is -0.307 e. The van der Waals surface area contributed by atoms with Gasteiger partial charge in [-0.25, -0.2) is 13.1 Å². The minimum absolute atomic E-state index is 0.0736. The van der Waals surface area contributed by atoms with Crippen LogP contribution in [0, 0.1) is 0 Å². The first kappa shape index (κ1) is 16.5. The highest BCUT2D eigenvalue weighted by Gasteiger charge is 2.16. The van der Waals surface area contributed by atoms with Gasteiger partial charge in [-0.05, 0) is 45.1 Å². The molecule has 0 saturated carbocycles. The van der Waals surface area contributed by atoms with Gasteiger partial charge in [0.1, 0.15) is 0 Å². The molecule has 3 N–H and O–H groups in total. The van der Waals surface area contributed by atoms with Crippen LogP contribution in [-0.4, -0.2) is 37.0 Å². The van der Waals surface area contributed by atoms with Crippen LogP contribution < -0.4 is 10.0 Å². The Morgan fingerprint density at radius 1 is 1.29 bits per heavy atom. The van der Waals surface area contributed by atoms with Crippen molar-refractivity contribution in [3.63, 3.8) is 0 Å². The second-order valence-corrected chi connectivity index (χ2v) is 7.82. The summed E-state index contributed by atoms with van der Waals surface area (Å²) < 4.78 is 25.4. The largest absolute Gasteiger partial charge is 0.307 e. The Kier molecular flexibility index (Phi) is 5.78. The van der Waals surface area contributed by atoms with E-state index in [2.05, 4.69) is 20.2 Å². The SMILES string of the molecule is CCS(=O)(=O)NCC(C)NCc1n[nH]c2c1CCCCC2. The number of H-pyrrole nitrogens is 1. The Bertz CT molecular complexity index is 553. The summed E-state index contributed by atoms with van der Waals surface area (Å²) in [6, 6.07) is 0.0736. The number of aromatic nitrogens is 2. The van der Waals surface area contributed by atoms with Gasteiger partial charge in [0, 0.05) is 24.8 Å². The third kappa shape index (κ3) is 4.79. The van der Waals surface area contributed by atoms with E-state index in [0.29, 0.717) is 13.1 Å². The van der Waals surface area contributed by atoms with Crippen molar-refractivity contribution in [1.82, 2.24) is 20.2 Å². The van der Waals surface area contributed by atoms with Gasteiger partial charge in [-0.3, -0.25) is 5.10 Å². The van der Waals surface area contributed by atoms with E-state index in [0.717, 1.165) is 18.5 Å². The second-order valence-electron chi connectivity index (χ2n) is 5.72. The number of rotatable bonds is 7. The molecule has 120 valence electrons. The quantitative estimate of drug-likeness (QED) is 0.658. The van der Waals surface area contributed by atoms with Crippen LogP contribution in [-0.2, 0) is 29.4 Å². The lowest BCUT2D eigenvalue weighted by atomic mass is 10.1. The van der Waals surface area contributed by atoms with Gasteiger partial charge in [0.25, 0.3) is 0 Å². The lowest BCUT2D eigenvalue weighted by Crippen LogP contribution is -2.39. The summed E-state index contributed by atoms with van der Waals surface area (Å²) in [6.07, 6.45) is 5.93. The molecule has 0 saturated heterocycles. The van der Waals surface area contributed by atoms with Crippen LogP contribution in [0.2, 0.25) is 0 Å². The summed E-state index contributed by atoms with van der Waals surface area (Å²) in [5.74, 6) is 0.118. The van der Waals surface area contributed by atoms with E-state index in [1.807, 2.05) is 6.92 Å². The van der Waals surface area contributed by atoms with Crippen LogP contribution in [0.3, 0.4) is 0 Å². The number of hydrogen-bond donors (Lipinski definition) is 3. The van der Waals surface area contributed by atoms with E-state index in [1.165, 1.54) is 30.5 Å². The van der Waals surface area contributed by atoms with E-state index in [4.69, 9.17) is 0 Å². The van der Waals surface area contributed by atoms with E-state index < -0.39 is 10.0 Å². The number of hydrogen-bond acceptors (Lipinski definition) is 4. The lowest BCUT2D eigenvalue weighted by Gasteiger charge is -2.14. The Balaban J connectivity index is 1.84. The molecule has 6 nitrogen and oxygen atoms in total. The molecule has 1 atom stereocenters. The molecule has 1 aliphatic rings. The van der Waals surface area contributed by atoms with Crippen molar-refractivity contribution in [2.75, 3.05) is 12.3 Å². The molecule has 1 unspecified atom stereocenters. The highest BCUT2D eigenvalue weighted by Crippen LogP contribution is 2.21. The fourth-order valence-corrected chi connectivity index (χ4v) is 3.28. The Hall–Kier alpha value is -0.920. The molecular formula is C14H26N4O2S. The normalized spacial score (nSPS) is 17.2. The van der Waals surface area contributed by atoms with Gasteiger partial charge in [0.15, 0.2) is 0 Å². The second kappa shape index (κ2) is 7.38. The predicted molar refractivity (Wildman–Crippen MR) is 83.6 cm³/mol. The number of nitrogens with zero attached hydrogens (tertiary/aromatic N) is 1. The van der Waals surface area contributed by atoms with Crippen molar-refractivity contribution >= 4 is 10.0 Å². The highest BCUT2D eigenvalue weighted by atomic mass is 32.2. The maximum Gasteiger partial charge on any atom is 0.211 e. The van der Waals surface area contributed by atoms with Crippen molar-refractivity contribution in [3.8, 4) is 0 Å². The molecule has 0 fully saturated rings. The number of aromatic amines is 1. The third-order valence-electron chi connectivity index (χ3n) is 4.00. The van der Waals surface area contributed by atoms with Crippen molar-refractivity contribution in [3.05, 3.63) is 17.0 Å². The minimum atomic E-state index is -3.12. The summed E-state index contributed by atoms with van der Waals surface area (Å²) in [7, 11) is -3.12. The Morgan fingerprint density at radius 3 is 2.81 bits per heavy atom. The molecule has 0 aliphatic heterocycles. The lowest BCUT2D eigenvalue weighted by molar-refractivity contribution is 0.519. The molecule has 1 aromatic heterocycles. The van der Waals surface area contributed by atoms with Crippen molar-refractivity contribution in [1.29, 1.82) is 0 Å². The number of fused-ring (bicyclic) bond motifs is 1. The van der Waals surface area contributed by atoms with E-state index >= 15 is 0 Å². The number of sulfonamides is 1. The number of nitrogens with one attached hydrogen (secondary N) is 3. The zero-order valence-corrected chi connectivity index (χ0v) is 13.7. The number of aryl methyl sites for hydroxylation is 1. The van der Waals surface area contributed by atoms with Crippen molar-refractivity contribution in [2.45, 2.75) is 58.5 Å². The molecule has 1 heterocycles. The molecule has 0 bridgehead atoms. The zero-order valence-electron chi connectivity index (χ0n) is 12.9. The van der Waals surface area contributed by atoms with Crippen LogP contribution in [0.1, 0.15) is 50.1 Å². The van der Waals surface area contributed by atoms with E-state index in [1.54, 1.807) is 6.92 Å². The topological polar surface area (TPSA) is 86.9 Å². The van der Waals surface area contributed by atoms with Crippen LogP contribution in [0.25, 0.3) is 0 Å². The predicted octanol–water partition coefficient (Wildman–Crippen LogP) is 1.10. The molecule has 0 spiro atoms. The van der Waals surface area contributed by atoms with Gasteiger partial charge in [-0.2, -0.15) is 5.10 Å². The fraction of sp³-hybridized carbons (Fsp3) is 0.786. The van der Waals surface area contributed by atoms with Gasteiger partial charge in [-0.15, -0.1) is 0 Å². The van der Waals surface area contributed by atoms with Crippen LogP contribution in [0.15, 0.2) is 0 Å². The molecule has 0 aromatic carbocycles. The van der Waals surface area contributed by atoms with Crippen molar-refractivity contribution in [2.24, 2.45) is 0 Å². The summed E-state index contributed by atoms with van der Waals surface area (Å²) in [5, 5.41) is 10.9. The van der Waals surface area contributed by atoms with E-state index in [-0.39, 0.29) is 11.8 Å². The maximum atomic E-state index is 11.4. The van der Waals surface area contributed by atoms with Crippen LogP contribution >= 0.6 is 0 Å². The molecule has 21 heavy (non-hydrogen) atoms. The van der Waals surface area contributed by atoms with Gasteiger partial charge in [-0.1, -0.05) is 6.42 Å². The fourth-order valence-electron chi connectivity index (χ4n) is 2.57. The maximum absolute atomic E-state index is 11.4. The average Bonchev–Trinajstić information content (AvgIpc) is 2.70. The molecule has 7 heteroatoms. The molecule has 0 radical (unpaired) electrons. The summed E-state index contributed by atoms with van der Waals surface area (Å²) in [4.78, 5) is 0. The molecule has 1 aromatic rings. The van der Waals surface area contributed by atoms with Gasteiger partial charge in [0.05, 0.1) is 11.4 Å². The first-order chi connectivity index (χ1) is 10.0. The van der Waals surface area contributed by atoms with Crippen molar-refractivity contribution < 1.29 is 8.42 Å². The van der Waals surface area contributed by atoms with Crippen LogP contribution in [0.4, 0.5) is 0 Å². The van der Waals surface area contributed by atoms with E-state index in [9.17, 15) is 8.42 Å². The third-order valence-corrected chi connectivity index (χ3v) is 5.37. The summed E-state index contributed by atoms with van der Waals surface area (Å²) in [5.41, 5.74) is 3.72. The first-order valence-electron chi connectivity index (χ1n) is 7.77. The summed E-state index contributed by atoms with van der Waals surface area (Å²) in [6.45, 7) is 4.70. The standard InChI is InChI=1S/C14H26N4O2S/c1-3-21(19,20)16-9-11(2)15-10-14-12-7-5-4-6-8-13(12)17-18-14/h11,15-16H,3-10H2,1-2H3,(H,17,18). The van der Waals surface area contributed by atoms with Gasteiger partial charge < -0.3 is 5.32 Å². The first-order valence-corrected chi connectivity index (χ1v) is 9.42. The average molecular weight is 314 g/mol. The van der Waals surface area contributed by atoms with Gasteiger partial charge in [0.2, 0.25) is 10.0 Å². The molecule has 2 rings (SSSR count). The van der Waals surface area contributed by atoms with Crippen LogP contribution in [0.5, 0.6) is 0 Å². The Labute approximate surface area is 127 Å². The Morgan fingerprint density at radius 2 is 2.05 bits per heavy atom. The smallest absolute Gasteiger partial charge is 0.211 e. The zero-order chi connectivity index (χ0) is 15.3.